The third kappa shape index (κ3) is 5.67. The van der Waals surface area contributed by atoms with Crippen molar-refractivity contribution < 1.29 is 9.59 Å². The molecule has 1 aliphatic heterocycles. The Kier molecular flexibility index (Phi) is 7.20. The number of nitrogens with one attached hydrogen (secondary N) is 1. The summed E-state index contributed by atoms with van der Waals surface area (Å²) < 4.78 is 0. The Morgan fingerprint density at radius 3 is 2.21 bits per heavy atom. The van der Waals surface area contributed by atoms with Gasteiger partial charge in [-0.25, -0.2) is 0 Å². The second-order valence-corrected chi connectivity index (χ2v) is 7.31. The van der Waals surface area contributed by atoms with Gasteiger partial charge in [0.05, 0.1) is 0 Å². The van der Waals surface area contributed by atoms with Crippen molar-refractivity contribution in [1.29, 1.82) is 0 Å². The summed E-state index contributed by atoms with van der Waals surface area (Å²) in [7, 11) is 0. The minimum atomic E-state index is -0.558. The molecule has 148 valence electrons. The second-order valence-electron chi connectivity index (χ2n) is 7.31. The van der Waals surface area contributed by atoms with Gasteiger partial charge in [-0.3, -0.25) is 14.5 Å². The minimum Gasteiger partial charge on any atom is -0.332 e. The SMILES string of the molecule is CCCCc1ccc(NC(=O)C(=O)N2CCN(Cc3ccccc3)CC2)cc1. The van der Waals surface area contributed by atoms with Gasteiger partial charge in [0.25, 0.3) is 0 Å². The molecule has 2 aromatic carbocycles. The lowest BCUT2D eigenvalue weighted by atomic mass is 10.1. The van der Waals surface area contributed by atoms with Crippen LogP contribution in [-0.4, -0.2) is 47.8 Å². The summed E-state index contributed by atoms with van der Waals surface area (Å²) in [4.78, 5) is 28.8. The van der Waals surface area contributed by atoms with Gasteiger partial charge in [0.1, 0.15) is 0 Å². The Hall–Kier alpha value is -2.66. The topological polar surface area (TPSA) is 52.7 Å². The summed E-state index contributed by atoms with van der Waals surface area (Å²) in [6.07, 6.45) is 3.35. The second kappa shape index (κ2) is 10.0. The third-order valence-electron chi connectivity index (χ3n) is 5.13. The number of rotatable bonds is 6. The molecule has 0 aromatic heterocycles. The summed E-state index contributed by atoms with van der Waals surface area (Å²) in [6.45, 7) is 5.76. The Balaban J connectivity index is 1.46. The van der Waals surface area contributed by atoms with Crippen molar-refractivity contribution in [2.75, 3.05) is 31.5 Å². The number of carbonyl (C=O) groups excluding carboxylic acids is 2. The predicted molar refractivity (Wildman–Crippen MR) is 112 cm³/mol. The van der Waals surface area contributed by atoms with Crippen LogP contribution >= 0.6 is 0 Å². The number of hydrogen-bond acceptors (Lipinski definition) is 3. The average molecular weight is 380 g/mol. The van der Waals surface area contributed by atoms with Crippen molar-refractivity contribution in [3.8, 4) is 0 Å². The number of carbonyl (C=O) groups is 2. The fourth-order valence-electron chi connectivity index (χ4n) is 3.41. The van der Waals surface area contributed by atoms with Crippen LogP contribution in [0.3, 0.4) is 0 Å². The molecule has 0 radical (unpaired) electrons. The van der Waals surface area contributed by atoms with E-state index in [0.717, 1.165) is 38.9 Å². The van der Waals surface area contributed by atoms with E-state index in [2.05, 4.69) is 29.3 Å². The van der Waals surface area contributed by atoms with E-state index in [1.54, 1.807) is 4.90 Å². The van der Waals surface area contributed by atoms with Crippen molar-refractivity contribution in [3.63, 3.8) is 0 Å². The lowest BCUT2D eigenvalue weighted by Gasteiger charge is -2.34. The monoisotopic (exact) mass is 379 g/mol. The predicted octanol–water partition coefficient (Wildman–Crippen LogP) is 3.31. The Morgan fingerprint density at radius 2 is 1.57 bits per heavy atom. The van der Waals surface area contributed by atoms with Gasteiger partial charge < -0.3 is 10.2 Å². The molecule has 1 aliphatic rings. The van der Waals surface area contributed by atoms with Crippen molar-refractivity contribution in [2.45, 2.75) is 32.7 Å². The van der Waals surface area contributed by atoms with E-state index in [9.17, 15) is 9.59 Å². The van der Waals surface area contributed by atoms with Crippen LogP contribution in [0.1, 0.15) is 30.9 Å². The number of hydrogen-bond donors (Lipinski definition) is 1. The molecule has 0 aliphatic carbocycles. The number of unbranched alkanes of at least 4 members (excludes halogenated alkanes) is 1. The van der Waals surface area contributed by atoms with Gasteiger partial charge in [-0.05, 0) is 36.1 Å². The standard InChI is InChI=1S/C23H29N3O2/c1-2-3-7-19-10-12-21(13-11-19)24-22(27)23(28)26-16-14-25(15-17-26)18-20-8-5-4-6-9-20/h4-6,8-13H,2-3,7,14-18H2,1H3,(H,24,27). The minimum absolute atomic E-state index is 0.450. The van der Waals surface area contributed by atoms with Gasteiger partial charge >= 0.3 is 11.8 Å². The van der Waals surface area contributed by atoms with Crippen LogP contribution in [0.5, 0.6) is 0 Å². The number of anilines is 1. The van der Waals surface area contributed by atoms with Crippen molar-refractivity contribution in [1.82, 2.24) is 9.80 Å². The summed E-state index contributed by atoms with van der Waals surface area (Å²) in [5.41, 5.74) is 3.18. The first-order valence-corrected chi connectivity index (χ1v) is 10.1. The zero-order chi connectivity index (χ0) is 19.8. The van der Waals surface area contributed by atoms with E-state index in [4.69, 9.17) is 0 Å². The molecule has 28 heavy (non-hydrogen) atoms. The van der Waals surface area contributed by atoms with Crippen LogP contribution in [0.15, 0.2) is 54.6 Å². The smallest absolute Gasteiger partial charge is 0.313 e. The number of benzene rings is 2. The highest BCUT2D eigenvalue weighted by molar-refractivity contribution is 6.39. The first kappa shape index (κ1) is 20.1. The zero-order valence-electron chi connectivity index (χ0n) is 16.6. The number of piperazine rings is 1. The molecule has 1 N–H and O–H groups in total. The first-order valence-electron chi connectivity index (χ1n) is 10.1. The van der Waals surface area contributed by atoms with Crippen molar-refractivity contribution in [2.24, 2.45) is 0 Å². The quantitative estimate of drug-likeness (QED) is 0.784. The number of aryl methyl sites for hydroxylation is 1. The molecule has 5 nitrogen and oxygen atoms in total. The van der Waals surface area contributed by atoms with Gasteiger partial charge in [-0.1, -0.05) is 55.8 Å². The van der Waals surface area contributed by atoms with E-state index in [-0.39, 0.29) is 0 Å². The summed E-state index contributed by atoms with van der Waals surface area (Å²) >= 11 is 0. The third-order valence-corrected chi connectivity index (χ3v) is 5.13. The molecule has 1 saturated heterocycles. The van der Waals surface area contributed by atoms with Crippen LogP contribution in [0.25, 0.3) is 0 Å². The Bertz CT molecular complexity index is 766. The van der Waals surface area contributed by atoms with Crippen molar-refractivity contribution in [3.05, 3.63) is 65.7 Å². The molecule has 5 heteroatoms. The van der Waals surface area contributed by atoms with Crippen molar-refractivity contribution >= 4 is 17.5 Å². The molecular formula is C23H29N3O2. The molecule has 1 fully saturated rings. The van der Waals surface area contributed by atoms with E-state index in [1.165, 1.54) is 11.1 Å². The molecule has 0 atom stereocenters. The summed E-state index contributed by atoms with van der Waals surface area (Å²) in [6, 6.07) is 18.1. The molecule has 2 amide bonds. The highest BCUT2D eigenvalue weighted by atomic mass is 16.2. The zero-order valence-corrected chi connectivity index (χ0v) is 16.6. The molecule has 2 aromatic rings. The fourth-order valence-corrected chi connectivity index (χ4v) is 3.41. The fraction of sp³-hybridized carbons (Fsp3) is 0.391. The van der Waals surface area contributed by atoms with E-state index in [1.807, 2.05) is 42.5 Å². The lowest BCUT2D eigenvalue weighted by molar-refractivity contribution is -0.144. The maximum Gasteiger partial charge on any atom is 0.313 e. The largest absolute Gasteiger partial charge is 0.332 e. The molecule has 3 rings (SSSR count). The molecule has 0 unspecified atom stereocenters. The van der Waals surface area contributed by atoms with Crippen LogP contribution in [-0.2, 0) is 22.6 Å². The Labute approximate surface area is 167 Å². The number of nitrogens with zero attached hydrogens (tertiary/aromatic N) is 2. The van der Waals surface area contributed by atoms with E-state index >= 15 is 0 Å². The molecule has 0 bridgehead atoms. The van der Waals surface area contributed by atoms with Gasteiger partial charge in [-0.15, -0.1) is 0 Å². The van der Waals surface area contributed by atoms with Crippen LogP contribution < -0.4 is 5.32 Å². The molecular weight excluding hydrogens is 350 g/mol. The van der Waals surface area contributed by atoms with Crippen LogP contribution in [0, 0.1) is 0 Å². The highest BCUT2D eigenvalue weighted by Crippen LogP contribution is 2.13. The normalized spacial score (nSPS) is 14.7. The molecule has 0 saturated carbocycles. The molecule has 1 heterocycles. The highest BCUT2D eigenvalue weighted by Gasteiger charge is 2.26. The summed E-state index contributed by atoms with van der Waals surface area (Å²) in [5, 5.41) is 2.73. The average Bonchev–Trinajstić information content (AvgIpc) is 2.74. The number of amides is 2. The summed E-state index contributed by atoms with van der Waals surface area (Å²) in [5.74, 6) is -1.01. The maximum atomic E-state index is 12.5. The van der Waals surface area contributed by atoms with Gasteiger partial charge in [0, 0.05) is 38.4 Å². The van der Waals surface area contributed by atoms with Crippen LogP contribution in [0.2, 0.25) is 0 Å². The van der Waals surface area contributed by atoms with Gasteiger partial charge in [0.2, 0.25) is 0 Å². The Morgan fingerprint density at radius 1 is 0.893 bits per heavy atom. The van der Waals surface area contributed by atoms with Crippen LogP contribution in [0.4, 0.5) is 5.69 Å². The van der Waals surface area contributed by atoms with E-state index in [0.29, 0.717) is 18.8 Å². The first-order chi connectivity index (χ1) is 13.7. The lowest BCUT2D eigenvalue weighted by Crippen LogP contribution is -2.51. The maximum absolute atomic E-state index is 12.5. The van der Waals surface area contributed by atoms with E-state index < -0.39 is 11.8 Å². The molecule has 0 spiro atoms. The van der Waals surface area contributed by atoms with Gasteiger partial charge in [0.15, 0.2) is 0 Å². The van der Waals surface area contributed by atoms with Gasteiger partial charge in [-0.2, -0.15) is 0 Å².